The molecule has 0 atom stereocenters. The fourth-order valence-corrected chi connectivity index (χ4v) is 2.40. The number of hydrogen-bond acceptors (Lipinski definition) is 6. The molecule has 21 heavy (non-hydrogen) atoms. The number of thiazole rings is 1. The van der Waals surface area contributed by atoms with Gasteiger partial charge in [-0.25, -0.2) is 9.97 Å². The van der Waals surface area contributed by atoms with E-state index < -0.39 is 0 Å². The van der Waals surface area contributed by atoms with E-state index in [4.69, 9.17) is 4.42 Å². The van der Waals surface area contributed by atoms with Crippen LogP contribution in [0.25, 0.3) is 11.6 Å². The number of nitrogens with zero attached hydrogens (tertiary/aromatic N) is 3. The maximum atomic E-state index is 11.8. The van der Waals surface area contributed by atoms with Gasteiger partial charge in [0.15, 0.2) is 5.76 Å². The van der Waals surface area contributed by atoms with Gasteiger partial charge < -0.3 is 9.73 Å². The Labute approximate surface area is 124 Å². The Morgan fingerprint density at radius 1 is 1.48 bits per heavy atom. The van der Waals surface area contributed by atoms with Gasteiger partial charge in [0.05, 0.1) is 29.9 Å². The standard InChI is InChI=1S/C13H13N5O2S/c1-8-15-9(7-21-8)5-12(19)14-6-11-16-13(18-17-11)10-3-2-4-20-10/h2-4,7H,5-6H2,1H3,(H,14,19)(H,16,17,18). The molecule has 0 saturated carbocycles. The van der Waals surface area contributed by atoms with Crippen molar-refractivity contribution in [2.45, 2.75) is 19.9 Å². The minimum atomic E-state index is -0.101. The minimum absolute atomic E-state index is 0.101. The molecule has 108 valence electrons. The number of rotatable bonds is 5. The van der Waals surface area contributed by atoms with Gasteiger partial charge in [-0.2, -0.15) is 0 Å². The zero-order chi connectivity index (χ0) is 14.7. The molecule has 3 aromatic rings. The van der Waals surface area contributed by atoms with E-state index in [0.717, 1.165) is 10.7 Å². The van der Waals surface area contributed by atoms with Crippen LogP contribution in [-0.4, -0.2) is 26.1 Å². The third-order valence-corrected chi connectivity index (χ3v) is 3.56. The first-order chi connectivity index (χ1) is 10.2. The number of aryl methyl sites for hydroxylation is 1. The minimum Gasteiger partial charge on any atom is -0.461 e. The summed E-state index contributed by atoms with van der Waals surface area (Å²) in [7, 11) is 0. The Hall–Kier alpha value is -2.48. The van der Waals surface area contributed by atoms with Gasteiger partial charge in [0, 0.05) is 5.38 Å². The van der Waals surface area contributed by atoms with Crippen molar-refractivity contribution in [3.05, 3.63) is 40.3 Å². The normalized spacial score (nSPS) is 10.7. The number of carbonyl (C=O) groups excluding carboxylic acids is 1. The maximum absolute atomic E-state index is 11.8. The molecule has 0 aliphatic rings. The van der Waals surface area contributed by atoms with Crippen molar-refractivity contribution in [3.63, 3.8) is 0 Å². The summed E-state index contributed by atoms with van der Waals surface area (Å²) in [6, 6.07) is 3.54. The summed E-state index contributed by atoms with van der Waals surface area (Å²) >= 11 is 1.53. The SMILES string of the molecule is Cc1nc(CC(=O)NCc2nc(-c3ccco3)n[nH]2)cs1. The zero-order valence-corrected chi connectivity index (χ0v) is 12.1. The number of amides is 1. The van der Waals surface area contributed by atoms with Crippen LogP contribution in [0.1, 0.15) is 16.5 Å². The second kappa shape index (κ2) is 5.88. The monoisotopic (exact) mass is 303 g/mol. The predicted molar refractivity (Wildman–Crippen MR) is 76.5 cm³/mol. The van der Waals surface area contributed by atoms with Crippen LogP contribution in [0.3, 0.4) is 0 Å². The lowest BCUT2D eigenvalue weighted by Gasteiger charge is -2.00. The highest BCUT2D eigenvalue weighted by Crippen LogP contribution is 2.14. The first-order valence-electron chi connectivity index (χ1n) is 6.33. The third-order valence-electron chi connectivity index (χ3n) is 2.73. The van der Waals surface area contributed by atoms with E-state index in [-0.39, 0.29) is 18.9 Å². The van der Waals surface area contributed by atoms with Gasteiger partial charge in [-0.15, -0.1) is 16.4 Å². The fraction of sp³-hybridized carbons (Fsp3) is 0.231. The highest BCUT2D eigenvalue weighted by atomic mass is 32.1. The van der Waals surface area contributed by atoms with E-state index in [1.165, 1.54) is 11.3 Å². The average molecular weight is 303 g/mol. The van der Waals surface area contributed by atoms with Crippen LogP contribution in [0.5, 0.6) is 0 Å². The summed E-state index contributed by atoms with van der Waals surface area (Å²) in [5, 5.41) is 12.4. The average Bonchev–Trinajstić information content (AvgIpc) is 3.17. The van der Waals surface area contributed by atoms with E-state index in [2.05, 4.69) is 25.5 Å². The molecular weight excluding hydrogens is 290 g/mol. The van der Waals surface area contributed by atoms with Crippen molar-refractivity contribution in [1.82, 2.24) is 25.5 Å². The Morgan fingerprint density at radius 2 is 2.38 bits per heavy atom. The summed E-state index contributed by atoms with van der Waals surface area (Å²) in [6.07, 6.45) is 1.83. The van der Waals surface area contributed by atoms with Crippen LogP contribution in [-0.2, 0) is 17.8 Å². The molecule has 0 bridgehead atoms. The molecule has 3 heterocycles. The van der Waals surface area contributed by atoms with Crippen LogP contribution in [0.2, 0.25) is 0 Å². The molecule has 0 aromatic carbocycles. The van der Waals surface area contributed by atoms with Gasteiger partial charge in [-0.05, 0) is 19.1 Å². The lowest BCUT2D eigenvalue weighted by molar-refractivity contribution is -0.120. The highest BCUT2D eigenvalue weighted by molar-refractivity contribution is 7.09. The Kier molecular flexibility index (Phi) is 3.78. The number of aromatic nitrogens is 4. The zero-order valence-electron chi connectivity index (χ0n) is 11.3. The van der Waals surface area contributed by atoms with Crippen LogP contribution < -0.4 is 5.32 Å². The van der Waals surface area contributed by atoms with Gasteiger partial charge >= 0.3 is 0 Å². The van der Waals surface area contributed by atoms with Crippen molar-refractivity contribution in [2.24, 2.45) is 0 Å². The third kappa shape index (κ3) is 3.34. The van der Waals surface area contributed by atoms with Crippen molar-refractivity contribution >= 4 is 17.2 Å². The van der Waals surface area contributed by atoms with Crippen molar-refractivity contribution in [3.8, 4) is 11.6 Å². The number of furan rings is 1. The second-order valence-corrected chi connectivity index (χ2v) is 5.46. The van der Waals surface area contributed by atoms with Crippen molar-refractivity contribution < 1.29 is 9.21 Å². The molecule has 1 amide bonds. The first-order valence-corrected chi connectivity index (χ1v) is 7.21. The summed E-state index contributed by atoms with van der Waals surface area (Å²) in [6.45, 7) is 2.20. The summed E-state index contributed by atoms with van der Waals surface area (Å²) in [5.74, 6) is 1.53. The van der Waals surface area contributed by atoms with Crippen LogP contribution in [0.4, 0.5) is 0 Å². The quantitative estimate of drug-likeness (QED) is 0.747. The molecule has 0 fully saturated rings. The largest absolute Gasteiger partial charge is 0.461 e. The predicted octanol–water partition coefficient (Wildman–Crippen LogP) is 1.69. The number of carbonyl (C=O) groups is 1. The molecule has 0 aliphatic heterocycles. The van der Waals surface area contributed by atoms with Crippen molar-refractivity contribution in [1.29, 1.82) is 0 Å². The first kappa shape index (κ1) is 13.5. The van der Waals surface area contributed by atoms with Crippen LogP contribution in [0.15, 0.2) is 28.2 Å². The van der Waals surface area contributed by atoms with Gasteiger partial charge in [0.2, 0.25) is 11.7 Å². The molecular formula is C13H13N5O2S. The van der Waals surface area contributed by atoms with E-state index in [1.807, 2.05) is 12.3 Å². The number of H-pyrrole nitrogens is 1. The lowest BCUT2D eigenvalue weighted by atomic mass is 10.3. The molecule has 7 nitrogen and oxygen atoms in total. The summed E-state index contributed by atoms with van der Waals surface area (Å²) < 4.78 is 5.20. The Balaban J connectivity index is 1.54. The van der Waals surface area contributed by atoms with Crippen LogP contribution >= 0.6 is 11.3 Å². The number of aromatic amines is 1. The fourth-order valence-electron chi connectivity index (χ4n) is 1.79. The maximum Gasteiger partial charge on any atom is 0.226 e. The molecule has 2 N–H and O–H groups in total. The molecule has 3 aromatic heterocycles. The van der Waals surface area contributed by atoms with E-state index in [9.17, 15) is 4.79 Å². The van der Waals surface area contributed by atoms with Crippen LogP contribution in [0, 0.1) is 6.92 Å². The second-order valence-electron chi connectivity index (χ2n) is 4.39. The Bertz CT molecular complexity index is 731. The lowest BCUT2D eigenvalue weighted by Crippen LogP contribution is -2.25. The van der Waals surface area contributed by atoms with Gasteiger partial charge in [0.25, 0.3) is 0 Å². The number of nitrogens with one attached hydrogen (secondary N) is 2. The van der Waals surface area contributed by atoms with E-state index >= 15 is 0 Å². The molecule has 0 radical (unpaired) electrons. The van der Waals surface area contributed by atoms with Gasteiger partial charge in [-0.1, -0.05) is 0 Å². The topological polar surface area (TPSA) is 96.7 Å². The van der Waals surface area contributed by atoms with Crippen molar-refractivity contribution in [2.75, 3.05) is 0 Å². The van der Waals surface area contributed by atoms with E-state index in [1.54, 1.807) is 18.4 Å². The van der Waals surface area contributed by atoms with E-state index in [0.29, 0.717) is 17.4 Å². The summed E-state index contributed by atoms with van der Waals surface area (Å²) in [5.41, 5.74) is 0.781. The molecule has 0 saturated heterocycles. The molecule has 8 heteroatoms. The molecule has 3 rings (SSSR count). The smallest absolute Gasteiger partial charge is 0.226 e. The van der Waals surface area contributed by atoms with Gasteiger partial charge in [0.1, 0.15) is 5.82 Å². The van der Waals surface area contributed by atoms with Gasteiger partial charge in [-0.3, -0.25) is 9.89 Å². The summed E-state index contributed by atoms with van der Waals surface area (Å²) in [4.78, 5) is 20.3. The highest BCUT2D eigenvalue weighted by Gasteiger charge is 2.10. The Morgan fingerprint density at radius 3 is 3.10 bits per heavy atom. The molecule has 0 spiro atoms. The number of hydrogen-bond donors (Lipinski definition) is 2. The molecule has 0 aliphatic carbocycles. The molecule has 0 unspecified atom stereocenters.